The molecule has 2 atom stereocenters. The highest BCUT2D eigenvalue weighted by Gasteiger charge is 2.53. The van der Waals surface area contributed by atoms with Crippen LogP contribution in [0.2, 0.25) is 5.02 Å². The lowest BCUT2D eigenvalue weighted by Gasteiger charge is -2.17. The molecule has 1 aliphatic heterocycles. The highest BCUT2D eigenvalue weighted by molar-refractivity contribution is 6.30. The number of carbonyl (C=O) groups is 2. The predicted octanol–water partition coefficient (Wildman–Crippen LogP) is 3.33. The van der Waals surface area contributed by atoms with Crippen LogP contribution in [0, 0.1) is 11.8 Å². The van der Waals surface area contributed by atoms with Gasteiger partial charge in [-0.3, -0.25) is 9.59 Å². The first-order chi connectivity index (χ1) is 12.2. The molecule has 26 heavy (non-hydrogen) atoms. The van der Waals surface area contributed by atoms with E-state index in [2.05, 4.69) is 5.16 Å². The van der Waals surface area contributed by atoms with Crippen molar-refractivity contribution in [2.75, 3.05) is 13.1 Å². The van der Waals surface area contributed by atoms with Crippen LogP contribution in [0.25, 0.3) is 11.3 Å². The predicted molar refractivity (Wildman–Crippen MR) is 83.5 cm³/mol. The van der Waals surface area contributed by atoms with Crippen LogP contribution >= 0.6 is 11.6 Å². The number of carbonyl (C=O) groups excluding carboxylic acids is 1. The molecule has 1 saturated heterocycles. The second-order valence-corrected chi connectivity index (χ2v) is 6.33. The van der Waals surface area contributed by atoms with E-state index in [1.807, 2.05) is 0 Å². The summed E-state index contributed by atoms with van der Waals surface area (Å²) < 4.78 is 44.1. The Hall–Kier alpha value is -2.55. The van der Waals surface area contributed by atoms with Gasteiger partial charge in [0.1, 0.15) is 0 Å². The maximum absolute atomic E-state index is 13.0. The standard InChI is InChI=1S/C16H12ClF3N2O4/c17-9-3-1-2-8(4-9)13-5-12(21-26-13)14(23)22-6-10(15(24)25)11(7-22)16(18,19)20/h1-5,10-11H,6-7H2,(H,24,25)/t10-,11-/m1/s1. The summed E-state index contributed by atoms with van der Waals surface area (Å²) in [6.45, 7) is -1.28. The Balaban J connectivity index is 1.81. The molecule has 138 valence electrons. The SMILES string of the molecule is O=C(O)[C@@H]1CN(C(=O)c2cc(-c3cccc(Cl)c3)on2)C[C@H]1C(F)(F)F. The molecule has 0 bridgehead atoms. The Labute approximate surface area is 150 Å². The number of carboxylic acid groups (broad SMARTS) is 1. The summed E-state index contributed by atoms with van der Waals surface area (Å²) in [5, 5.41) is 13.0. The van der Waals surface area contributed by atoms with Crippen molar-refractivity contribution in [1.82, 2.24) is 10.1 Å². The van der Waals surface area contributed by atoms with Crippen LogP contribution in [0.3, 0.4) is 0 Å². The Morgan fingerprint density at radius 1 is 1.27 bits per heavy atom. The van der Waals surface area contributed by atoms with Crippen LogP contribution in [0.5, 0.6) is 0 Å². The van der Waals surface area contributed by atoms with Gasteiger partial charge < -0.3 is 14.5 Å². The molecule has 0 saturated carbocycles. The second-order valence-electron chi connectivity index (χ2n) is 5.89. The lowest BCUT2D eigenvalue weighted by Crippen LogP contribution is -2.34. The van der Waals surface area contributed by atoms with Gasteiger partial charge in [-0.1, -0.05) is 28.9 Å². The van der Waals surface area contributed by atoms with Crippen molar-refractivity contribution in [3.05, 3.63) is 41.0 Å². The first-order valence-electron chi connectivity index (χ1n) is 7.48. The van der Waals surface area contributed by atoms with Crippen molar-refractivity contribution in [1.29, 1.82) is 0 Å². The summed E-state index contributed by atoms with van der Waals surface area (Å²) in [6, 6.07) is 7.82. The Kier molecular flexibility index (Phi) is 4.66. The first kappa shape index (κ1) is 18.2. The molecule has 0 aliphatic carbocycles. The fraction of sp³-hybridized carbons (Fsp3) is 0.312. The van der Waals surface area contributed by atoms with Gasteiger partial charge in [-0.15, -0.1) is 0 Å². The Bertz CT molecular complexity index is 852. The zero-order valence-corrected chi connectivity index (χ0v) is 13.8. The number of aliphatic carboxylic acids is 1. The number of carboxylic acids is 1. The molecule has 1 aromatic heterocycles. The van der Waals surface area contributed by atoms with E-state index in [0.717, 1.165) is 4.90 Å². The zero-order valence-electron chi connectivity index (χ0n) is 13.0. The molecular weight excluding hydrogens is 377 g/mol. The number of nitrogens with zero attached hydrogens (tertiary/aromatic N) is 2. The third-order valence-corrected chi connectivity index (χ3v) is 4.42. The maximum atomic E-state index is 13.0. The van der Waals surface area contributed by atoms with Gasteiger partial charge in [0, 0.05) is 29.7 Å². The summed E-state index contributed by atoms with van der Waals surface area (Å²) >= 11 is 5.87. The van der Waals surface area contributed by atoms with Gasteiger partial charge >= 0.3 is 12.1 Å². The number of likely N-dealkylation sites (tertiary alicyclic amines) is 1. The molecule has 0 unspecified atom stereocenters. The highest BCUT2D eigenvalue weighted by Crippen LogP contribution is 2.38. The van der Waals surface area contributed by atoms with Gasteiger partial charge in [-0.2, -0.15) is 13.2 Å². The number of hydrogen-bond acceptors (Lipinski definition) is 4. The van der Waals surface area contributed by atoms with Crippen LogP contribution in [0.15, 0.2) is 34.9 Å². The van der Waals surface area contributed by atoms with E-state index in [0.29, 0.717) is 10.6 Å². The van der Waals surface area contributed by atoms with E-state index in [1.165, 1.54) is 6.07 Å². The third-order valence-electron chi connectivity index (χ3n) is 4.18. The van der Waals surface area contributed by atoms with Crippen molar-refractivity contribution in [2.24, 2.45) is 11.8 Å². The second kappa shape index (κ2) is 6.64. The number of alkyl halides is 3. The quantitative estimate of drug-likeness (QED) is 0.872. The lowest BCUT2D eigenvalue weighted by molar-refractivity contribution is -0.187. The van der Waals surface area contributed by atoms with Gasteiger partial charge in [-0.25, -0.2) is 0 Å². The number of rotatable bonds is 3. The first-order valence-corrected chi connectivity index (χ1v) is 7.86. The molecule has 0 radical (unpaired) electrons. The van der Waals surface area contributed by atoms with E-state index in [4.69, 9.17) is 21.2 Å². The van der Waals surface area contributed by atoms with E-state index in [-0.39, 0.29) is 11.5 Å². The molecule has 0 spiro atoms. The fourth-order valence-corrected chi connectivity index (χ4v) is 3.06. The van der Waals surface area contributed by atoms with E-state index in [9.17, 15) is 22.8 Å². The largest absolute Gasteiger partial charge is 0.481 e. The topological polar surface area (TPSA) is 83.6 Å². The average Bonchev–Trinajstić information content (AvgIpc) is 3.21. The third kappa shape index (κ3) is 3.52. The van der Waals surface area contributed by atoms with Crippen LogP contribution in [0.1, 0.15) is 10.5 Å². The molecule has 10 heteroatoms. The molecule has 2 aromatic rings. The van der Waals surface area contributed by atoms with Gasteiger partial charge in [0.15, 0.2) is 11.5 Å². The molecule has 1 aliphatic rings. The van der Waals surface area contributed by atoms with Gasteiger partial charge in [0.25, 0.3) is 5.91 Å². The molecule has 6 nitrogen and oxygen atoms in total. The van der Waals surface area contributed by atoms with Gasteiger partial charge in [-0.05, 0) is 12.1 Å². The summed E-state index contributed by atoms with van der Waals surface area (Å²) in [5.74, 6) is -6.03. The van der Waals surface area contributed by atoms with Crippen molar-refractivity contribution in [3.63, 3.8) is 0 Å². The highest BCUT2D eigenvalue weighted by atomic mass is 35.5. The minimum Gasteiger partial charge on any atom is -0.481 e. The normalized spacial score (nSPS) is 20.4. The number of aromatic nitrogens is 1. The molecule has 2 heterocycles. The fourth-order valence-electron chi connectivity index (χ4n) is 2.87. The van der Waals surface area contributed by atoms with Crippen LogP contribution in [-0.2, 0) is 4.79 Å². The molecule has 1 amide bonds. The Morgan fingerprint density at radius 2 is 2.00 bits per heavy atom. The van der Waals surface area contributed by atoms with Crippen LogP contribution < -0.4 is 0 Å². The molecule has 1 fully saturated rings. The van der Waals surface area contributed by atoms with Crippen molar-refractivity contribution < 1.29 is 32.4 Å². The number of amides is 1. The zero-order chi connectivity index (χ0) is 19.1. The van der Waals surface area contributed by atoms with E-state index >= 15 is 0 Å². The summed E-state index contributed by atoms with van der Waals surface area (Å²) in [5.41, 5.74) is 0.342. The van der Waals surface area contributed by atoms with E-state index < -0.39 is 43.0 Å². The molecular formula is C16H12ClF3N2O4. The van der Waals surface area contributed by atoms with Crippen molar-refractivity contribution in [2.45, 2.75) is 6.18 Å². The van der Waals surface area contributed by atoms with Gasteiger partial charge in [0.2, 0.25) is 0 Å². The monoisotopic (exact) mass is 388 g/mol. The summed E-state index contributed by atoms with van der Waals surface area (Å²) in [4.78, 5) is 24.3. The molecule has 1 N–H and O–H groups in total. The van der Waals surface area contributed by atoms with Gasteiger partial charge in [0.05, 0.1) is 11.8 Å². The smallest absolute Gasteiger partial charge is 0.394 e. The lowest BCUT2D eigenvalue weighted by atomic mass is 9.96. The summed E-state index contributed by atoms with van der Waals surface area (Å²) in [6.07, 6.45) is -4.71. The molecule has 3 rings (SSSR count). The Morgan fingerprint density at radius 3 is 2.58 bits per heavy atom. The maximum Gasteiger partial charge on any atom is 0.394 e. The van der Waals surface area contributed by atoms with E-state index in [1.54, 1.807) is 24.3 Å². The minimum atomic E-state index is -4.71. The van der Waals surface area contributed by atoms with Crippen LogP contribution in [0.4, 0.5) is 13.2 Å². The average molecular weight is 389 g/mol. The number of halogens is 4. The summed E-state index contributed by atoms with van der Waals surface area (Å²) in [7, 11) is 0. The van der Waals surface area contributed by atoms with Crippen molar-refractivity contribution >= 4 is 23.5 Å². The number of hydrogen-bond donors (Lipinski definition) is 1. The van der Waals surface area contributed by atoms with Crippen LogP contribution in [-0.4, -0.2) is 46.3 Å². The van der Waals surface area contributed by atoms with Crippen molar-refractivity contribution in [3.8, 4) is 11.3 Å². The number of benzene rings is 1. The molecule has 1 aromatic carbocycles. The minimum absolute atomic E-state index is 0.202.